The lowest BCUT2D eigenvalue weighted by molar-refractivity contribution is -0.123. The van der Waals surface area contributed by atoms with Gasteiger partial charge in [-0.1, -0.05) is 37.3 Å². The number of pyridine rings is 1. The van der Waals surface area contributed by atoms with Crippen LogP contribution in [-0.4, -0.2) is 36.0 Å². The lowest BCUT2D eigenvalue weighted by atomic mass is 9.97. The molecule has 0 spiro atoms. The van der Waals surface area contributed by atoms with E-state index in [0.717, 1.165) is 53.3 Å². The zero-order chi connectivity index (χ0) is 27.4. The van der Waals surface area contributed by atoms with Crippen molar-refractivity contribution in [2.45, 2.75) is 70.0 Å². The van der Waals surface area contributed by atoms with Gasteiger partial charge >= 0.3 is 0 Å². The van der Waals surface area contributed by atoms with Gasteiger partial charge in [0.15, 0.2) is 0 Å². The van der Waals surface area contributed by atoms with Crippen molar-refractivity contribution in [3.05, 3.63) is 63.4 Å². The van der Waals surface area contributed by atoms with E-state index in [1.165, 1.54) is 24.2 Å². The van der Waals surface area contributed by atoms with Crippen LogP contribution in [0.25, 0.3) is 11.3 Å². The highest BCUT2D eigenvalue weighted by Gasteiger charge is 2.31. The number of thiophene rings is 1. The van der Waals surface area contributed by atoms with Gasteiger partial charge in [0.1, 0.15) is 11.8 Å². The number of rotatable bonds is 11. The Morgan fingerprint density at radius 2 is 1.85 bits per heavy atom. The standard InChI is InChI=1S/C30H35ClN4O3S/c1-18(33-24-16-21(31)17-32-28(24)20-7-11-23(38-2)12-8-20)26-13-14-27(39-26)30(37)35-25(15-19-5-3-4-6-19)29(36)34-22-9-10-22/h7-8,11-14,16-19,22,25,33H,3-6,9-10,15H2,1-2H3,(H,34,36)(H,35,37)/t18-,25-/m0/s1. The summed E-state index contributed by atoms with van der Waals surface area (Å²) in [6, 6.07) is 13.0. The van der Waals surface area contributed by atoms with Crippen LogP contribution in [0.4, 0.5) is 5.69 Å². The molecule has 2 heterocycles. The number of benzene rings is 1. The van der Waals surface area contributed by atoms with Crippen LogP contribution in [-0.2, 0) is 4.79 Å². The second-order valence-corrected chi connectivity index (χ2v) is 12.1. The van der Waals surface area contributed by atoms with Crippen molar-refractivity contribution in [3.63, 3.8) is 0 Å². The summed E-state index contributed by atoms with van der Waals surface area (Å²) in [5.74, 6) is 1.02. The van der Waals surface area contributed by atoms with Gasteiger partial charge in [0.25, 0.3) is 5.91 Å². The fourth-order valence-corrected chi connectivity index (χ4v) is 6.18. The zero-order valence-electron chi connectivity index (χ0n) is 22.3. The molecule has 2 aliphatic carbocycles. The summed E-state index contributed by atoms with van der Waals surface area (Å²) in [6.07, 6.45) is 9.06. The first-order chi connectivity index (χ1) is 18.9. The van der Waals surface area contributed by atoms with Crippen LogP contribution < -0.4 is 20.7 Å². The van der Waals surface area contributed by atoms with Crippen LogP contribution in [0.1, 0.15) is 72.5 Å². The normalized spacial score (nSPS) is 16.9. The highest BCUT2D eigenvalue weighted by atomic mass is 35.5. The molecule has 0 bridgehead atoms. The number of halogens is 1. The minimum absolute atomic E-state index is 0.0518. The average molecular weight is 567 g/mol. The number of aromatic nitrogens is 1. The Labute approximate surface area is 238 Å². The quantitative estimate of drug-likeness (QED) is 0.243. The van der Waals surface area contributed by atoms with Crippen LogP contribution in [0.2, 0.25) is 5.02 Å². The molecule has 2 aliphatic rings. The summed E-state index contributed by atoms with van der Waals surface area (Å²) in [4.78, 5) is 32.3. The Morgan fingerprint density at radius 3 is 2.54 bits per heavy atom. The number of nitrogens with zero attached hydrogens (tertiary/aromatic N) is 1. The second-order valence-electron chi connectivity index (χ2n) is 10.5. The first-order valence-electron chi connectivity index (χ1n) is 13.7. The van der Waals surface area contributed by atoms with Crippen molar-refractivity contribution in [1.82, 2.24) is 15.6 Å². The molecule has 0 radical (unpaired) electrons. The fraction of sp³-hybridized carbons (Fsp3) is 0.433. The molecular formula is C30H35ClN4O3S. The predicted octanol–water partition coefficient (Wildman–Crippen LogP) is 6.60. The van der Waals surface area contributed by atoms with E-state index >= 15 is 0 Å². The van der Waals surface area contributed by atoms with Gasteiger partial charge in [0.05, 0.1) is 34.4 Å². The number of ether oxygens (including phenoxy) is 1. The number of methoxy groups -OCH3 is 1. The van der Waals surface area contributed by atoms with E-state index in [1.54, 1.807) is 13.3 Å². The van der Waals surface area contributed by atoms with Crippen LogP contribution in [0.5, 0.6) is 5.75 Å². The summed E-state index contributed by atoms with van der Waals surface area (Å²) in [6.45, 7) is 2.04. The van der Waals surface area contributed by atoms with Gasteiger partial charge in [-0.15, -0.1) is 11.3 Å². The molecule has 0 saturated heterocycles. The molecule has 3 aromatic rings. The van der Waals surface area contributed by atoms with Gasteiger partial charge in [0.2, 0.25) is 5.91 Å². The van der Waals surface area contributed by atoms with Crippen molar-refractivity contribution in [2.75, 3.05) is 12.4 Å². The molecule has 206 valence electrons. The Balaban J connectivity index is 1.27. The number of carbonyl (C=O) groups excluding carboxylic acids is 2. The van der Waals surface area contributed by atoms with E-state index in [1.807, 2.05) is 49.4 Å². The summed E-state index contributed by atoms with van der Waals surface area (Å²) in [5.41, 5.74) is 2.51. The van der Waals surface area contributed by atoms with Gasteiger partial charge in [-0.25, -0.2) is 0 Å². The van der Waals surface area contributed by atoms with Crippen molar-refractivity contribution in [3.8, 4) is 17.0 Å². The minimum atomic E-state index is -0.494. The van der Waals surface area contributed by atoms with Crippen LogP contribution in [0, 0.1) is 5.92 Å². The number of nitrogens with one attached hydrogen (secondary N) is 3. The molecule has 2 aromatic heterocycles. The third-order valence-electron chi connectivity index (χ3n) is 7.46. The van der Waals surface area contributed by atoms with Crippen molar-refractivity contribution in [2.24, 2.45) is 5.92 Å². The Hall–Kier alpha value is -3.10. The molecule has 9 heteroatoms. The molecule has 0 unspecified atom stereocenters. The Morgan fingerprint density at radius 1 is 1.10 bits per heavy atom. The molecular weight excluding hydrogens is 532 g/mol. The minimum Gasteiger partial charge on any atom is -0.497 e. The lowest BCUT2D eigenvalue weighted by Crippen LogP contribution is -2.48. The zero-order valence-corrected chi connectivity index (χ0v) is 23.9. The monoisotopic (exact) mass is 566 g/mol. The van der Waals surface area contributed by atoms with Crippen molar-refractivity contribution in [1.29, 1.82) is 0 Å². The van der Waals surface area contributed by atoms with E-state index in [0.29, 0.717) is 22.2 Å². The molecule has 2 amide bonds. The molecule has 1 aromatic carbocycles. The molecule has 39 heavy (non-hydrogen) atoms. The maximum Gasteiger partial charge on any atom is 0.262 e. The summed E-state index contributed by atoms with van der Waals surface area (Å²) >= 11 is 7.72. The maximum absolute atomic E-state index is 13.2. The van der Waals surface area contributed by atoms with E-state index in [9.17, 15) is 9.59 Å². The molecule has 5 rings (SSSR count). The summed E-state index contributed by atoms with van der Waals surface area (Å²) in [5, 5.41) is 10.2. The van der Waals surface area contributed by atoms with Crippen LogP contribution in [0.15, 0.2) is 48.7 Å². The second kappa shape index (κ2) is 12.4. The average Bonchev–Trinajstić information content (AvgIpc) is 3.37. The van der Waals surface area contributed by atoms with Crippen molar-refractivity contribution < 1.29 is 14.3 Å². The molecule has 2 saturated carbocycles. The summed E-state index contributed by atoms with van der Waals surface area (Å²) in [7, 11) is 1.64. The van der Waals surface area contributed by atoms with Gasteiger partial charge in [-0.3, -0.25) is 14.6 Å². The molecule has 3 N–H and O–H groups in total. The van der Waals surface area contributed by atoms with Gasteiger partial charge < -0.3 is 20.7 Å². The Kier molecular flexibility index (Phi) is 8.72. The predicted molar refractivity (Wildman–Crippen MR) is 157 cm³/mol. The number of hydrogen-bond acceptors (Lipinski definition) is 6. The Bertz CT molecular complexity index is 1300. The van der Waals surface area contributed by atoms with E-state index in [4.69, 9.17) is 16.3 Å². The molecule has 2 fully saturated rings. The molecule has 0 aliphatic heterocycles. The van der Waals surface area contributed by atoms with E-state index < -0.39 is 6.04 Å². The van der Waals surface area contributed by atoms with Gasteiger partial charge in [-0.05, 0) is 74.6 Å². The lowest BCUT2D eigenvalue weighted by Gasteiger charge is -2.21. The number of amides is 2. The number of carbonyl (C=O) groups is 2. The SMILES string of the molecule is COc1ccc(-c2ncc(Cl)cc2N[C@@H](C)c2ccc(C(=O)N[C@@H](CC3CCCC3)C(=O)NC3CC3)s2)cc1. The molecule has 7 nitrogen and oxygen atoms in total. The highest BCUT2D eigenvalue weighted by Crippen LogP contribution is 2.34. The van der Waals surface area contributed by atoms with Crippen molar-refractivity contribution >= 4 is 40.4 Å². The first kappa shape index (κ1) is 27.5. The number of anilines is 1. The smallest absolute Gasteiger partial charge is 0.262 e. The summed E-state index contributed by atoms with van der Waals surface area (Å²) < 4.78 is 5.28. The molecule has 2 atom stereocenters. The van der Waals surface area contributed by atoms with E-state index in [2.05, 4.69) is 20.9 Å². The van der Waals surface area contributed by atoms with Gasteiger partial charge in [0, 0.05) is 22.7 Å². The number of hydrogen-bond donors (Lipinski definition) is 3. The maximum atomic E-state index is 13.2. The van der Waals surface area contributed by atoms with E-state index in [-0.39, 0.29) is 23.9 Å². The largest absolute Gasteiger partial charge is 0.497 e. The topological polar surface area (TPSA) is 92.3 Å². The third-order valence-corrected chi connectivity index (χ3v) is 8.93. The first-order valence-corrected chi connectivity index (χ1v) is 14.9. The highest BCUT2D eigenvalue weighted by molar-refractivity contribution is 7.14. The third kappa shape index (κ3) is 7.11. The van der Waals surface area contributed by atoms with Crippen LogP contribution in [0.3, 0.4) is 0 Å². The van der Waals surface area contributed by atoms with Gasteiger partial charge in [-0.2, -0.15) is 0 Å². The van der Waals surface area contributed by atoms with Crippen LogP contribution >= 0.6 is 22.9 Å². The fourth-order valence-electron chi connectivity index (χ4n) is 5.11.